The lowest BCUT2D eigenvalue weighted by molar-refractivity contribution is 0.102. The monoisotopic (exact) mass is 404 g/mol. The van der Waals surface area contributed by atoms with Crippen LogP contribution in [-0.2, 0) is 0 Å². The second-order valence-corrected chi connectivity index (χ2v) is 5.96. The molecule has 6 heteroatoms. The number of anilines is 1. The number of carbonyl (C=O) groups excluding carboxylic acids is 1. The lowest BCUT2D eigenvalue weighted by atomic mass is 10.2. The van der Waals surface area contributed by atoms with Gasteiger partial charge >= 0.3 is 0 Å². The summed E-state index contributed by atoms with van der Waals surface area (Å²) in [5, 5.41) is 2.88. The van der Waals surface area contributed by atoms with E-state index in [1.165, 1.54) is 5.56 Å². The number of rotatable bonds is 3. The number of nitrogens with one attached hydrogen (secondary N) is 1. The van der Waals surface area contributed by atoms with E-state index in [0.717, 1.165) is 15.1 Å². The van der Waals surface area contributed by atoms with Crippen LogP contribution in [0.4, 0.5) is 5.69 Å². The molecule has 110 valence electrons. The zero-order valence-electron chi connectivity index (χ0n) is 11.8. The Labute approximate surface area is 141 Å². The summed E-state index contributed by atoms with van der Waals surface area (Å²) in [5.74, 6) is 0.545. The van der Waals surface area contributed by atoms with Gasteiger partial charge in [0.05, 0.1) is 5.56 Å². The summed E-state index contributed by atoms with van der Waals surface area (Å²) in [7, 11) is 0. The normalized spacial score (nSPS) is 10.5. The van der Waals surface area contributed by atoms with Gasteiger partial charge in [0.15, 0.2) is 0 Å². The second-order valence-electron chi connectivity index (χ2n) is 4.79. The van der Waals surface area contributed by atoms with E-state index in [1.807, 2.05) is 25.1 Å². The molecule has 0 aliphatic rings. The Hall–Kier alpha value is -2.22. The molecule has 0 saturated carbocycles. The lowest BCUT2D eigenvalue weighted by Gasteiger charge is -2.07. The first-order chi connectivity index (χ1) is 10.6. The van der Waals surface area contributed by atoms with Crippen LogP contribution in [0, 0.1) is 10.5 Å². The van der Waals surface area contributed by atoms with Crippen molar-refractivity contribution in [3.8, 4) is 5.82 Å². The van der Waals surface area contributed by atoms with E-state index in [1.54, 1.807) is 41.6 Å². The third kappa shape index (κ3) is 3.16. The largest absolute Gasteiger partial charge is 0.322 e. The summed E-state index contributed by atoms with van der Waals surface area (Å²) in [4.78, 5) is 20.5. The molecule has 2 heterocycles. The minimum Gasteiger partial charge on any atom is -0.322 e. The Bertz CT molecular complexity index is 798. The fourth-order valence-corrected chi connectivity index (χ4v) is 2.46. The molecule has 0 aliphatic heterocycles. The van der Waals surface area contributed by atoms with Gasteiger partial charge in [0, 0.05) is 27.8 Å². The van der Waals surface area contributed by atoms with Crippen molar-refractivity contribution in [3.05, 3.63) is 69.9 Å². The number of pyridine rings is 1. The summed E-state index contributed by atoms with van der Waals surface area (Å²) < 4.78 is 2.90. The highest BCUT2D eigenvalue weighted by atomic mass is 127. The van der Waals surface area contributed by atoms with Gasteiger partial charge in [-0.25, -0.2) is 9.97 Å². The minimum atomic E-state index is -0.177. The van der Waals surface area contributed by atoms with E-state index in [0.29, 0.717) is 5.56 Å². The van der Waals surface area contributed by atoms with E-state index in [4.69, 9.17) is 0 Å². The molecule has 0 unspecified atom stereocenters. The molecule has 0 spiro atoms. The smallest absolute Gasteiger partial charge is 0.257 e. The average Bonchev–Trinajstić information content (AvgIpc) is 3.05. The highest BCUT2D eigenvalue weighted by Crippen LogP contribution is 2.18. The average molecular weight is 404 g/mol. The molecule has 22 heavy (non-hydrogen) atoms. The summed E-state index contributed by atoms with van der Waals surface area (Å²) >= 11 is 2.25. The van der Waals surface area contributed by atoms with Crippen molar-refractivity contribution < 1.29 is 4.79 Å². The molecular weight excluding hydrogens is 391 g/mol. The van der Waals surface area contributed by atoms with E-state index in [2.05, 4.69) is 37.9 Å². The van der Waals surface area contributed by atoms with Crippen LogP contribution in [-0.4, -0.2) is 20.4 Å². The van der Waals surface area contributed by atoms with Gasteiger partial charge in [-0.05, 0) is 59.3 Å². The number of nitrogens with zero attached hydrogens (tertiary/aromatic N) is 3. The first-order valence-corrected chi connectivity index (χ1v) is 7.73. The maximum absolute atomic E-state index is 12.2. The molecule has 3 aromatic rings. The number of carbonyl (C=O) groups is 1. The Balaban J connectivity index is 1.76. The maximum atomic E-state index is 12.2. The third-order valence-corrected chi connectivity index (χ3v) is 4.37. The van der Waals surface area contributed by atoms with Gasteiger partial charge in [0.1, 0.15) is 12.1 Å². The van der Waals surface area contributed by atoms with Crippen LogP contribution < -0.4 is 5.32 Å². The van der Waals surface area contributed by atoms with E-state index in [9.17, 15) is 4.79 Å². The number of hydrogen-bond donors (Lipinski definition) is 1. The topological polar surface area (TPSA) is 59.8 Å². The van der Waals surface area contributed by atoms with Crippen molar-refractivity contribution in [3.63, 3.8) is 0 Å². The fourth-order valence-electron chi connectivity index (χ4n) is 1.94. The van der Waals surface area contributed by atoms with Crippen LogP contribution in [0.25, 0.3) is 5.82 Å². The fraction of sp³-hybridized carbons (Fsp3) is 0.0625. The highest BCUT2D eigenvalue weighted by molar-refractivity contribution is 14.1. The van der Waals surface area contributed by atoms with Crippen molar-refractivity contribution in [1.29, 1.82) is 0 Å². The summed E-state index contributed by atoms with van der Waals surface area (Å²) in [6.45, 7) is 2.03. The Kier molecular flexibility index (Phi) is 4.19. The molecular formula is C16H13IN4O. The molecule has 0 radical (unpaired) electrons. The number of imidazole rings is 1. The van der Waals surface area contributed by atoms with Crippen LogP contribution in [0.1, 0.15) is 15.9 Å². The van der Waals surface area contributed by atoms with Crippen molar-refractivity contribution in [2.24, 2.45) is 0 Å². The molecule has 0 saturated heterocycles. The quantitative estimate of drug-likeness (QED) is 0.681. The van der Waals surface area contributed by atoms with Crippen LogP contribution in [0.15, 0.2) is 55.2 Å². The molecule has 0 atom stereocenters. The van der Waals surface area contributed by atoms with Gasteiger partial charge in [0.25, 0.3) is 5.91 Å². The summed E-state index contributed by atoms with van der Waals surface area (Å²) in [5.41, 5.74) is 2.48. The van der Waals surface area contributed by atoms with Gasteiger partial charge in [0.2, 0.25) is 0 Å². The first kappa shape index (κ1) is 14.7. The Morgan fingerprint density at radius 2 is 2.14 bits per heavy atom. The molecule has 0 bridgehead atoms. The van der Waals surface area contributed by atoms with Crippen LogP contribution in [0.3, 0.4) is 0 Å². The van der Waals surface area contributed by atoms with Gasteiger partial charge in [-0.2, -0.15) is 0 Å². The van der Waals surface area contributed by atoms with E-state index < -0.39 is 0 Å². The molecule has 0 aliphatic carbocycles. The number of halogens is 1. The van der Waals surface area contributed by atoms with Gasteiger partial charge in [-0.15, -0.1) is 0 Å². The van der Waals surface area contributed by atoms with E-state index in [-0.39, 0.29) is 5.91 Å². The van der Waals surface area contributed by atoms with Gasteiger partial charge in [-0.3, -0.25) is 9.36 Å². The number of aryl methyl sites for hydroxylation is 1. The van der Waals surface area contributed by atoms with E-state index >= 15 is 0 Å². The number of amides is 1. The molecule has 0 fully saturated rings. The zero-order valence-corrected chi connectivity index (χ0v) is 14.0. The summed E-state index contributed by atoms with van der Waals surface area (Å²) in [6.07, 6.45) is 6.71. The number of benzene rings is 1. The zero-order chi connectivity index (χ0) is 15.5. The maximum Gasteiger partial charge on any atom is 0.257 e. The number of aromatic nitrogens is 3. The standard InChI is InChI=1S/C16H13IN4O/c1-11-2-4-13(8-14(11)17)20-16(22)12-3-5-15(19-9-12)21-7-6-18-10-21/h2-10H,1H3,(H,20,22). The molecule has 1 aromatic carbocycles. The molecule has 1 N–H and O–H groups in total. The second kappa shape index (κ2) is 6.27. The molecule has 1 amide bonds. The van der Waals surface area contributed by atoms with Crippen LogP contribution >= 0.6 is 22.6 Å². The number of hydrogen-bond acceptors (Lipinski definition) is 3. The van der Waals surface area contributed by atoms with Crippen molar-refractivity contribution in [1.82, 2.24) is 14.5 Å². The van der Waals surface area contributed by atoms with Crippen LogP contribution in [0.5, 0.6) is 0 Å². The first-order valence-electron chi connectivity index (χ1n) is 6.65. The molecule has 3 rings (SSSR count). The minimum absolute atomic E-state index is 0.177. The van der Waals surface area contributed by atoms with Crippen LogP contribution in [0.2, 0.25) is 0 Å². The Morgan fingerprint density at radius 1 is 1.27 bits per heavy atom. The highest BCUT2D eigenvalue weighted by Gasteiger charge is 2.08. The van der Waals surface area contributed by atoms with Gasteiger partial charge in [-0.1, -0.05) is 6.07 Å². The van der Waals surface area contributed by atoms with Crippen molar-refractivity contribution >= 4 is 34.2 Å². The Morgan fingerprint density at radius 3 is 2.77 bits per heavy atom. The predicted molar refractivity (Wildman–Crippen MR) is 93.2 cm³/mol. The van der Waals surface area contributed by atoms with Gasteiger partial charge < -0.3 is 5.32 Å². The lowest BCUT2D eigenvalue weighted by Crippen LogP contribution is -2.12. The summed E-state index contributed by atoms with van der Waals surface area (Å²) in [6, 6.07) is 9.36. The van der Waals surface area contributed by atoms with Crippen molar-refractivity contribution in [2.75, 3.05) is 5.32 Å². The molecule has 2 aromatic heterocycles. The predicted octanol–water partition coefficient (Wildman–Crippen LogP) is 3.43. The molecule has 5 nitrogen and oxygen atoms in total. The van der Waals surface area contributed by atoms with Crippen molar-refractivity contribution in [2.45, 2.75) is 6.92 Å². The SMILES string of the molecule is Cc1ccc(NC(=O)c2ccc(-n3ccnc3)nc2)cc1I. The third-order valence-electron chi connectivity index (χ3n) is 3.21.